The Balaban J connectivity index is 2.10. The van der Waals surface area contributed by atoms with Crippen LogP contribution in [0.15, 0.2) is 36.4 Å². The van der Waals surface area contributed by atoms with E-state index in [0.29, 0.717) is 22.9 Å². The molecule has 0 radical (unpaired) electrons. The van der Waals surface area contributed by atoms with Gasteiger partial charge in [0.15, 0.2) is 11.5 Å². The van der Waals surface area contributed by atoms with E-state index in [1.165, 1.54) is 0 Å². The number of carbonyl (C=O) groups is 2. The van der Waals surface area contributed by atoms with E-state index in [4.69, 9.17) is 25.9 Å². The molecule has 1 aliphatic rings. The van der Waals surface area contributed by atoms with E-state index in [-0.39, 0.29) is 31.2 Å². The number of ether oxygens (including phenoxy) is 2. The van der Waals surface area contributed by atoms with Crippen LogP contribution in [0.2, 0.25) is 5.02 Å². The summed E-state index contributed by atoms with van der Waals surface area (Å²) in [6.07, 6.45) is 1.01. The molecule has 1 amide bonds. The Morgan fingerprint density at radius 1 is 1.17 bits per heavy atom. The second-order valence-corrected chi connectivity index (χ2v) is 7.26. The van der Waals surface area contributed by atoms with Crippen molar-refractivity contribution in [1.29, 1.82) is 0 Å². The van der Waals surface area contributed by atoms with Gasteiger partial charge >= 0.3 is 5.97 Å². The minimum absolute atomic E-state index is 0.120. The van der Waals surface area contributed by atoms with Crippen molar-refractivity contribution in [3.8, 4) is 11.5 Å². The summed E-state index contributed by atoms with van der Waals surface area (Å²) in [7, 11) is 3.14. The molecule has 3 rings (SSSR count). The molecule has 6 nitrogen and oxygen atoms in total. The maximum Gasteiger partial charge on any atom is 0.332 e. The smallest absolute Gasteiger partial charge is 0.332 e. The first-order chi connectivity index (χ1) is 14.0. The number of carbonyl (C=O) groups excluding carboxylic acids is 2. The normalized spacial score (nSPS) is 16.1. The van der Waals surface area contributed by atoms with Gasteiger partial charge in [-0.3, -0.25) is 4.79 Å². The lowest BCUT2D eigenvalue weighted by atomic mass is 9.87. The number of amides is 1. The van der Waals surface area contributed by atoms with Gasteiger partial charge in [-0.2, -0.15) is 5.06 Å². The molecule has 0 bridgehead atoms. The molecular formula is C22H24ClNO5. The lowest BCUT2D eigenvalue weighted by Gasteiger charge is -2.26. The van der Waals surface area contributed by atoms with Gasteiger partial charge in [-0.05, 0) is 35.7 Å². The highest BCUT2D eigenvalue weighted by Gasteiger charge is 2.33. The van der Waals surface area contributed by atoms with Crippen molar-refractivity contribution in [3.05, 3.63) is 58.1 Å². The van der Waals surface area contributed by atoms with Crippen molar-refractivity contribution < 1.29 is 23.9 Å². The van der Waals surface area contributed by atoms with Crippen LogP contribution in [-0.4, -0.2) is 37.7 Å². The van der Waals surface area contributed by atoms with Crippen LogP contribution in [0.1, 0.15) is 42.4 Å². The number of benzene rings is 2. The fourth-order valence-corrected chi connectivity index (χ4v) is 3.76. The molecule has 1 atom stereocenters. The summed E-state index contributed by atoms with van der Waals surface area (Å²) in [5, 5.41) is 1.73. The highest BCUT2D eigenvalue weighted by Crippen LogP contribution is 2.41. The van der Waals surface area contributed by atoms with Crippen LogP contribution in [0.25, 0.3) is 0 Å². The third kappa shape index (κ3) is 4.48. The van der Waals surface area contributed by atoms with E-state index < -0.39 is 5.97 Å². The fourth-order valence-electron chi connectivity index (χ4n) is 3.58. The van der Waals surface area contributed by atoms with Gasteiger partial charge in [-0.25, -0.2) is 4.79 Å². The Morgan fingerprint density at radius 3 is 2.66 bits per heavy atom. The first kappa shape index (κ1) is 21.0. The predicted molar refractivity (Wildman–Crippen MR) is 109 cm³/mol. The third-order valence-corrected chi connectivity index (χ3v) is 5.16. The standard InChI is InChI=1S/C22H24ClNO5/c1-4-6-21(26)29-24-13-18(16-7-5-8-19(27-2)22(16)28-3)17-12-15(23)10-9-14(17)11-20(24)25/h5,7-10,12,18H,4,6,11,13H2,1-3H3. The molecule has 154 valence electrons. The van der Waals surface area contributed by atoms with Crippen LogP contribution < -0.4 is 9.47 Å². The highest BCUT2D eigenvalue weighted by molar-refractivity contribution is 6.30. The molecule has 2 aromatic rings. The molecule has 1 heterocycles. The number of hydrogen-bond acceptors (Lipinski definition) is 5. The van der Waals surface area contributed by atoms with Gasteiger partial charge in [0, 0.05) is 22.9 Å². The number of rotatable bonds is 6. The number of nitrogens with zero attached hydrogens (tertiary/aromatic N) is 1. The maximum atomic E-state index is 12.8. The second kappa shape index (κ2) is 9.18. The zero-order valence-corrected chi connectivity index (χ0v) is 17.5. The molecular weight excluding hydrogens is 394 g/mol. The van der Waals surface area contributed by atoms with Crippen molar-refractivity contribution in [2.75, 3.05) is 20.8 Å². The van der Waals surface area contributed by atoms with Crippen molar-refractivity contribution in [3.63, 3.8) is 0 Å². The van der Waals surface area contributed by atoms with Crippen LogP contribution >= 0.6 is 11.6 Å². The molecule has 0 saturated heterocycles. The van der Waals surface area contributed by atoms with E-state index in [0.717, 1.165) is 21.8 Å². The Morgan fingerprint density at radius 2 is 1.97 bits per heavy atom. The first-order valence-electron chi connectivity index (χ1n) is 9.48. The summed E-state index contributed by atoms with van der Waals surface area (Å²) < 4.78 is 11.1. The highest BCUT2D eigenvalue weighted by atomic mass is 35.5. The molecule has 1 unspecified atom stereocenters. The molecule has 0 aliphatic carbocycles. The molecule has 0 N–H and O–H groups in total. The molecule has 0 aromatic heterocycles. The average Bonchev–Trinajstić information content (AvgIpc) is 2.84. The predicted octanol–water partition coefficient (Wildman–Crippen LogP) is 4.13. The number of methoxy groups -OCH3 is 2. The van der Waals surface area contributed by atoms with Crippen LogP contribution in [0.4, 0.5) is 0 Å². The molecule has 7 heteroatoms. The molecule has 29 heavy (non-hydrogen) atoms. The lowest BCUT2D eigenvalue weighted by molar-refractivity contribution is -0.198. The molecule has 2 aromatic carbocycles. The Hall–Kier alpha value is -2.73. The Labute approximate surface area is 175 Å². The summed E-state index contributed by atoms with van der Waals surface area (Å²) in [5.74, 6) is 0.136. The summed E-state index contributed by atoms with van der Waals surface area (Å²) in [6, 6.07) is 11.0. The molecule has 0 fully saturated rings. The second-order valence-electron chi connectivity index (χ2n) is 6.82. The fraction of sp³-hybridized carbons (Fsp3) is 0.364. The van der Waals surface area contributed by atoms with Crippen molar-refractivity contribution in [2.45, 2.75) is 32.1 Å². The maximum absolute atomic E-state index is 12.8. The van der Waals surface area contributed by atoms with Gasteiger partial charge in [0.05, 0.1) is 27.2 Å². The number of fused-ring (bicyclic) bond motifs is 1. The minimum atomic E-state index is -0.429. The van der Waals surface area contributed by atoms with Crippen LogP contribution in [-0.2, 0) is 20.8 Å². The van der Waals surface area contributed by atoms with E-state index in [1.807, 2.05) is 37.3 Å². The van der Waals surface area contributed by atoms with Crippen LogP contribution in [0.3, 0.4) is 0 Å². The topological polar surface area (TPSA) is 65.1 Å². The molecule has 0 spiro atoms. The minimum Gasteiger partial charge on any atom is -0.493 e. The first-order valence-corrected chi connectivity index (χ1v) is 9.86. The summed E-state index contributed by atoms with van der Waals surface area (Å²) in [5.41, 5.74) is 2.55. The van der Waals surface area contributed by atoms with E-state index in [9.17, 15) is 9.59 Å². The summed E-state index contributed by atoms with van der Waals surface area (Å²) in [6.45, 7) is 2.04. The number of hydroxylamine groups is 2. The Bertz CT molecular complexity index is 914. The number of halogens is 1. The van der Waals surface area contributed by atoms with Gasteiger partial charge in [-0.1, -0.05) is 36.7 Å². The van der Waals surface area contributed by atoms with Gasteiger partial charge in [0.25, 0.3) is 5.91 Å². The number of para-hydroxylation sites is 1. The van der Waals surface area contributed by atoms with Crippen molar-refractivity contribution in [1.82, 2.24) is 5.06 Å². The van der Waals surface area contributed by atoms with Gasteiger partial charge < -0.3 is 14.3 Å². The summed E-state index contributed by atoms with van der Waals surface area (Å²) >= 11 is 6.27. The average molecular weight is 418 g/mol. The zero-order chi connectivity index (χ0) is 21.0. The van der Waals surface area contributed by atoms with Crippen molar-refractivity contribution >= 4 is 23.5 Å². The number of hydrogen-bond donors (Lipinski definition) is 0. The molecule has 0 saturated carbocycles. The largest absolute Gasteiger partial charge is 0.493 e. The third-order valence-electron chi connectivity index (χ3n) is 4.93. The monoisotopic (exact) mass is 417 g/mol. The summed E-state index contributed by atoms with van der Waals surface area (Å²) in [4.78, 5) is 30.3. The van der Waals surface area contributed by atoms with Crippen LogP contribution in [0, 0.1) is 0 Å². The molecule has 1 aliphatic heterocycles. The SMILES string of the molecule is CCCC(=O)ON1CC(c2cccc(OC)c2OC)c2cc(Cl)ccc2CC1=O. The zero-order valence-electron chi connectivity index (χ0n) is 16.7. The van der Waals surface area contributed by atoms with Crippen LogP contribution in [0.5, 0.6) is 11.5 Å². The lowest BCUT2D eigenvalue weighted by Crippen LogP contribution is -2.36. The quantitative estimate of drug-likeness (QED) is 0.707. The van der Waals surface area contributed by atoms with Gasteiger partial charge in [0.2, 0.25) is 0 Å². The van der Waals surface area contributed by atoms with Gasteiger partial charge in [-0.15, -0.1) is 0 Å². The Kier molecular flexibility index (Phi) is 6.64. The van der Waals surface area contributed by atoms with E-state index in [1.54, 1.807) is 20.3 Å². The van der Waals surface area contributed by atoms with Gasteiger partial charge in [0.1, 0.15) is 0 Å². The van der Waals surface area contributed by atoms with Crippen molar-refractivity contribution in [2.24, 2.45) is 0 Å². The van der Waals surface area contributed by atoms with E-state index in [2.05, 4.69) is 0 Å². The van der Waals surface area contributed by atoms with E-state index >= 15 is 0 Å².